The zero-order chi connectivity index (χ0) is 21.9. The van der Waals surface area contributed by atoms with E-state index in [9.17, 15) is 14.4 Å². The summed E-state index contributed by atoms with van der Waals surface area (Å²) in [6.45, 7) is 3.63. The first-order valence-electron chi connectivity index (χ1n) is 10.0. The summed E-state index contributed by atoms with van der Waals surface area (Å²) in [5.74, 6) is -0.763. The van der Waals surface area contributed by atoms with Gasteiger partial charge in [-0.25, -0.2) is 0 Å². The normalized spacial score (nSPS) is 12.7. The molecule has 2 aromatic carbocycles. The molecule has 2 atom stereocenters. The topological polar surface area (TPSA) is 90.5 Å². The summed E-state index contributed by atoms with van der Waals surface area (Å²) in [5.41, 5.74) is 1.97. The predicted octanol–water partition coefficient (Wildman–Crippen LogP) is 1.79. The molecule has 0 spiro atoms. The monoisotopic (exact) mass is 410 g/mol. The Bertz CT molecular complexity index is 765. The van der Waals surface area contributed by atoms with Crippen molar-refractivity contribution in [3.8, 4) is 0 Å². The summed E-state index contributed by atoms with van der Waals surface area (Å²) in [6, 6.07) is 18.9. The molecular weight excluding hydrogens is 380 g/mol. The lowest BCUT2D eigenvalue weighted by atomic mass is 10.1. The molecule has 0 saturated carbocycles. The quantitative estimate of drug-likeness (QED) is 0.557. The fraction of sp³-hybridized carbons (Fsp3) is 0.348. The van der Waals surface area contributed by atoms with Gasteiger partial charge in [0.15, 0.2) is 0 Å². The summed E-state index contributed by atoms with van der Waals surface area (Å²) in [6.07, 6.45) is 0. The highest BCUT2D eigenvalue weighted by Gasteiger charge is 2.20. The van der Waals surface area contributed by atoms with Gasteiger partial charge in [0.1, 0.15) is 0 Å². The van der Waals surface area contributed by atoms with Gasteiger partial charge in [-0.2, -0.15) is 0 Å². The molecule has 0 bridgehead atoms. The fourth-order valence-electron chi connectivity index (χ4n) is 3.08. The summed E-state index contributed by atoms with van der Waals surface area (Å²) < 4.78 is 0. The van der Waals surface area contributed by atoms with Gasteiger partial charge in [0.05, 0.1) is 31.7 Å². The van der Waals surface area contributed by atoms with Crippen LogP contribution in [0.5, 0.6) is 0 Å². The lowest BCUT2D eigenvalue weighted by Gasteiger charge is -2.23. The summed E-state index contributed by atoms with van der Waals surface area (Å²) >= 11 is 0. The number of rotatable bonds is 10. The molecule has 7 heteroatoms. The van der Waals surface area contributed by atoms with Crippen molar-refractivity contribution in [3.05, 3.63) is 71.8 Å². The molecule has 30 heavy (non-hydrogen) atoms. The van der Waals surface area contributed by atoms with Crippen molar-refractivity contribution in [1.29, 1.82) is 0 Å². The highest BCUT2D eigenvalue weighted by Crippen LogP contribution is 2.12. The lowest BCUT2D eigenvalue weighted by Crippen LogP contribution is -2.47. The van der Waals surface area contributed by atoms with Crippen LogP contribution in [0.25, 0.3) is 0 Å². The number of likely N-dealkylation sites (N-methyl/N-ethyl adjacent to an activating group) is 1. The van der Waals surface area contributed by atoms with Gasteiger partial charge in [0.25, 0.3) is 0 Å². The third kappa shape index (κ3) is 7.67. The summed E-state index contributed by atoms with van der Waals surface area (Å²) in [7, 11) is 1.52. The van der Waals surface area contributed by atoms with Crippen LogP contribution in [0.15, 0.2) is 60.7 Å². The van der Waals surface area contributed by atoms with E-state index in [1.807, 2.05) is 74.5 Å². The minimum absolute atomic E-state index is 0.0449. The molecule has 2 rings (SSSR count). The Balaban J connectivity index is 1.94. The van der Waals surface area contributed by atoms with Crippen molar-refractivity contribution < 1.29 is 14.4 Å². The van der Waals surface area contributed by atoms with E-state index in [-0.39, 0.29) is 49.4 Å². The zero-order valence-corrected chi connectivity index (χ0v) is 17.7. The molecular formula is C23H30N4O3. The van der Waals surface area contributed by atoms with Crippen LogP contribution >= 0.6 is 0 Å². The van der Waals surface area contributed by atoms with Crippen molar-refractivity contribution in [2.45, 2.75) is 25.9 Å². The van der Waals surface area contributed by atoms with Gasteiger partial charge in [0, 0.05) is 7.05 Å². The first-order chi connectivity index (χ1) is 14.4. The van der Waals surface area contributed by atoms with E-state index in [0.29, 0.717) is 0 Å². The van der Waals surface area contributed by atoms with E-state index < -0.39 is 0 Å². The highest BCUT2D eigenvalue weighted by atomic mass is 16.2. The molecule has 3 amide bonds. The van der Waals surface area contributed by atoms with Crippen LogP contribution in [0.4, 0.5) is 0 Å². The number of benzene rings is 2. The Hall–Kier alpha value is -3.19. The smallest absolute Gasteiger partial charge is 0.234 e. The van der Waals surface area contributed by atoms with Gasteiger partial charge in [-0.05, 0) is 25.0 Å². The minimum Gasteiger partial charge on any atom is -0.358 e. The van der Waals surface area contributed by atoms with Crippen LogP contribution in [0.3, 0.4) is 0 Å². The summed E-state index contributed by atoms with van der Waals surface area (Å²) in [5, 5.41) is 8.36. The molecule has 0 radical (unpaired) electrons. The third-order valence-electron chi connectivity index (χ3n) is 4.73. The van der Waals surface area contributed by atoms with E-state index in [1.165, 1.54) is 11.9 Å². The fourth-order valence-corrected chi connectivity index (χ4v) is 3.08. The molecule has 0 aliphatic carbocycles. The molecule has 3 N–H and O–H groups in total. The largest absolute Gasteiger partial charge is 0.358 e. The number of nitrogens with zero attached hydrogens (tertiary/aromatic N) is 1. The standard InChI is InChI=1S/C23H30N4O3/c1-17(19-10-6-4-7-11-19)25-22(29)15-27(14-21(28)24-3)16-23(30)26-18(2)20-12-8-5-9-13-20/h4-13,17-18H,14-16H2,1-3H3,(H,24,28)(H,25,29)(H,26,30)/t17-,18+. The first-order valence-corrected chi connectivity index (χ1v) is 10.0. The molecule has 160 valence electrons. The molecule has 0 aromatic heterocycles. The molecule has 0 saturated heterocycles. The van der Waals surface area contributed by atoms with Gasteiger partial charge in [-0.3, -0.25) is 19.3 Å². The van der Waals surface area contributed by atoms with Crippen molar-refractivity contribution in [1.82, 2.24) is 20.9 Å². The second-order valence-corrected chi connectivity index (χ2v) is 7.22. The molecule has 2 aromatic rings. The van der Waals surface area contributed by atoms with Crippen LogP contribution in [-0.4, -0.2) is 49.3 Å². The predicted molar refractivity (Wildman–Crippen MR) is 117 cm³/mol. The van der Waals surface area contributed by atoms with Crippen LogP contribution in [0.2, 0.25) is 0 Å². The molecule has 0 aliphatic rings. The average molecular weight is 411 g/mol. The Morgan fingerprint density at radius 2 is 1.07 bits per heavy atom. The zero-order valence-electron chi connectivity index (χ0n) is 17.7. The Morgan fingerprint density at radius 1 is 0.700 bits per heavy atom. The van der Waals surface area contributed by atoms with Gasteiger partial charge < -0.3 is 16.0 Å². The maximum Gasteiger partial charge on any atom is 0.234 e. The Kier molecular flexibility index (Phi) is 9.03. The van der Waals surface area contributed by atoms with Crippen molar-refractivity contribution >= 4 is 17.7 Å². The maximum atomic E-state index is 12.5. The molecule has 0 fully saturated rings. The molecule has 0 aliphatic heterocycles. The van der Waals surface area contributed by atoms with Crippen molar-refractivity contribution in [2.24, 2.45) is 0 Å². The number of amides is 3. The van der Waals surface area contributed by atoms with Crippen molar-refractivity contribution in [3.63, 3.8) is 0 Å². The lowest BCUT2D eigenvalue weighted by molar-refractivity contribution is -0.128. The molecule has 7 nitrogen and oxygen atoms in total. The molecule has 0 heterocycles. The number of carbonyl (C=O) groups is 3. The summed E-state index contributed by atoms with van der Waals surface area (Å²) in [4.78, 5) is 38.4. The van der Waals surface area contributed by atoms with Gasteiger partial charge in [-0.15, -0.1) is 0 Å². The van der Waals surface area contributed by atoms with Crippen LogP contribution in [0.1, 0.15) is 37.1 Å². The van der Waals surface area contributed by atoms with E-state index in [0.717, 1.165) is 11.1 Å². The van der Waals surface area contributed by atoms with E-state index in [4.69, 9.17) is 0 Å². The Labute approximate surface area is 177 Å². The van der Waals surface area contributed by atoms with Crippen LogP contribution in [-0.2, 0) is 14.4 Å². The van der Waals surface area contributed by atoms with Gasteiger partial charge >= 0.3 is 0 Å². The second kappa shape index (κ2) is 11.7. The number of hydrogen-bond acceptors (Lipinski definition) is 4. The highest BCUT2D eigenvalue weighted by molar-refractivity contribution is 5.84. The SMILES string of the molecule is CNC(=O)CN(CC(=O)N[C@@H](C)c1ccccc1)CC(=O)N[C@H](C)c1ccccc1. The second-order valence-electron chi connectivity index (χ2n) is 7.22. The maximum absolute atomic E-state index is 12.5. The van der Waals surface area contributed by atoms with Crippen LogP contribution < -0.4 is 16.0 Å². The van der Waals surface area contributed by atoms with E-state index in [2.05, 4.69) is 16.0 Å². The number of hydrogen-bond donors (Lipinski definition) is 3. The average Bonchev–Trinajstić information content (AvgIpc) is 2.74. The minimum atomic E-state index is -0.261. The van der Waals surface area contributed by atoms with E-state index in [1.54, 1.807) is 0 Å². The van der Waals surface area contributed by atoms with Gasteiger partial charge in [0.2, 0.25) is 17.7 Å². The molecule has 0 unspecified atom stereocenters. The number of carbonyl (C=O) groups excluding carboxylic acids is 3. The van der Waals surface area contributed by atoms with E-state index >= 15 is 0 Å². The van der Waals surface area contributed by atoms with Crippen LogP contribution in [0, 0.1) is 0 Å². The van der Waals surface area contributed by atoms with Gasteiger partial charge in [-0.1, -0.05) is 60.7 Å². The van der Waals surface area contributed by atoms with Crippen molar-refractivity contribution in [2.75, 3.05) is 26.7 Å². The first kappa shape index (κ1) is 23.1. The third-order valence-corrected chi connectivity index (χ3v) is 4.73. The number of nitrogens with one attached hydrogen (secondary N) is 3. The Morgan fingerprint density at radius 3 is 1.43 bits per heavy atom.